The lowest BCUT2D eigenvalue weighted by molar-refractivity contribution is -0.137. The van der Waals surface area contributed by atoms with Gasteiger partial charge in [-0.1, -0.05) is 25.3 Å². The highest BCUT2D eigenvalue weighted by molar-refractivity contribution is 7.92. The fourth-order valence-electron chi connectivity index (χ4n) is 2.71. The molecule has 1 saturated carbocycles. The third kappa shape index (κ3) is 3.58. The van der Waals surface area contributed by atoms with Crippen molar-refractivity contribution in [1.82, 2.24) is 0 Å². The molecule has 1 aromatic rings. The Balaban J connectivity index is 2.39. The molecule has 3 nitrogen and oxygen atoms in total. The summed E-state index contributed by atoms with van der Waals surface area (Å²) in [5.74, 6) is 0. The van der Waals surface area contributed by atoms with E-state index in [9.17, 15) is 21.6 Å². The van der Waals surface area contributed by atoms with Crippen LogP contribution >= 0.6 is 0 Å². The smallest absolute Gasteiger partial charge is 0.327 e. The molecule has 2 atom stereocenters. The average Bonchev–Trinajstić information content (AvgIpc) is 2.63. The minimum absolute atomic E-state index is 0.292. The maximum Gasteiger partial charge on any atom is 0.416 e. The van der Waals surface area contributed by atoms with Gasteiger partial charge in [0.15, 0.2) is 9.84 Å². The van der Waals surface area contributed by atoms with Gasteiger partial charge in [0.05, 0.1) is 15.7 Å². The Hall–Kier alpha value is -1.08. The highest BCUT2D eigenvalue weighted by Crippen LogP contribution is 2.33. The average molecular weight is 321 g/mol. The molecule has 2 rings (SSSR count). The molecule has 0 aromatic heterocycles. The van der Waals surface area contributed by atoms with Gasteiger partial charge in [0.25, 0.3) is 0 Å². The zero-order valence-corrected chi connectivity index (χ0v) is 12.3. The molecular weight excluding hydrogens is 303 g/mol. The molecule has 7 heteroatoms. The van der Waals surface area contributed by atoms with Crippen molar-refractivity contribution in [3.63, 3.8) is 0 Å². The molecule has 1 fully saturated rings. The van der Waals surface area contributed by atoms with E-state index in [2.05, 4.69) is 0 Å². The Bertz CT molecular complexity index is 598. The van der Waals surface area contributed by atoms with E-state index in [1.54, 1.807) is 0 Å². The van der Waals surface area contributed by atoms with Crippen molar-refractivity contribution in [2.75, 3.05) is 0 Å². The summed E-state index contributed by atoms with van der Waals surface area (Å²) in [5, 5.41) is -0.802. The van der Waals surface area contributed by atoms with Crippen LogP contribution in [0.2, 0.25) is 0 Å². The predicted octanol–water partition coefficient (Wildman–Crippen LogP) is 3.14. The number of alkyl halides is 3. The number of sulfone groups is 1. The Kier molecular flexibility index (Phi) is 4.63. The van der Waals surface area contributed by atoms with Crippen LogP contribution in [0.4, 0.5) is 13.2 Å². The second-order valence-corrected chi connectivity index (χ2v) is 7.58. The summed E-state index contributed by atoms with van der Waals surface area (Å²) >= 11 is 0. The number of rotatable bonds is 2. The van der Waals surface area contributed by atoms with Crippen LogP contribution in [0.25, 0.3) is 0 Å². The third-order valence-electron chi connectivity index (χ3n) is 3.89. The van der Waals surface area contributed by atoms with Crippen LogP contribution in [-0.2, 0) is 16.0 Å². The minimum Gasteiger partial charge on any atom is -0.327 e. The van der Waals surface area contributed by atoms with E-state index in [0.717, 1.165) is 31.4 Å². The number of hydrogen-bond acceptors (Lipinski definition) is 3. The van der Waals surface area contributed by atoms with E-state index in [1.807, 2.05) is 0 Å². The van der Waals surface area contributed by atoms with Gasteiger partial charge in [-0.3, -0.25) is 0 Å². The zero-order chi connectivity index (χ0) is 15.7. The summed E-state index contributed by atoms with van der Waals surface area (Å²) in [7, 11) is -3.84. The molecule has 2 N–H and O–H groups in total. The number of benzene rings is 1. The maximum atomic E-state index is 12.7. The second kappa shape index (κ2) is 5.96. The van der Waals surface area contributed by atoms with Crippen molar-refractivity contribution < 1.29 is 21.6 Å². The quantitative estimate of drug-likeness (QED) is 0.851. The van der Waals surface area contributed by atoms with Crippen molar-refractivity contribution in [1.29, 1.82) is 0 Å². The fourth-order valence-corrected chi connectivity index (χ4v) is 4.69. The van der Waals surface area contributed by atoms with Gasteiger partial charge in [0.1, 0.15) is 0 Å². The lowest BCUT2D eigenvalue weighted by Gasteiger charge is -2.22. The number of hydrogen-bond donors (Lipinski definition) is 1. The summed E-state index contributed by atoms with van der Waals surface area (Å²) in [6.07, 6.45) is -1.08. The van der Waals surface area contributed by atoms with Crippen LogP contribution < -0.4 is 5.73 Å². The molecule has 0 bridgehead atoms. The molecule has 0 spiro atoms. The first-order chi connectivity index (χ1) is 9.73. The lowest BCUT2D eigenvalue weighted by atomic mass is 10.1. The summed E-state index contributed by atoms with van der Waals surface area (Å²) in [5.41, 5.74) is 4.97. The third-order valence-corrected chi connectivity index (χ3v) is 6.19. The maximum absolute atomic E-state index is 12.7. The van der Waals surface area contributed by atoms with Crippen molar-refractivity contribution in [2.24, 2.45) is 5.73 Å². The van der Waals surface area contributed by atoms with Gasteiger partial charge in [-0.2, -0.15) is 13.2 Å². The van der Waals surface area contributed by atoms with Crippen molar-refractivity contribution in [3.8, 4) is 0 Å². The van der Waals surface area contributed by atoms with Crippen LogP contribution in [-0.4, -0.2) is 19.7 Å². The Morgan fingerprint density at radius 2 is 1.76 bits per heavy atom. The van der Waals surface area contributed by atoms with Gasteiger partial charge in [-0.05, 0) is 31.0 Å². The molecule has 0 heterocycles. The molecule has 118 valence electrons. The zero-order valence-electron chi connectivity index (χ0n) is 11.4. The summed E-state index contributed by atoms with van der Waals surface area (Å²) in [6.45, 7) is 0. The Morgan fingerprint density at radius 3 is 2.43 bits per heavy atom. The van der Waals surface area contributed by atoms with Crippen LogP contribution in [0.1, 0.15) is 37.7 Å². The largest absolute Gasteiger partial charge is 0.416 e. The van der Waals surface area contributed by atoms with Crippen molar-refractivity contribution in [3.05, 3.63) is 29.8 Å². The Labute approximate surface area is 122 Å². The van der Waals surface area contributed by atoms with E-state index >= 15 is 0 Å². The van der Waals surface area contributed by atoms with Crippen LogP contribution in [0.3, 0.4) is 0 Å². The monoisotopic (exact) mass is 321 g/mol. The first kappa shape index (κ1) is 16.3. The normalized spacial score (nSPS) is 24.6. The van der Waals surface area contributed by atoms with E-state index in [1.165, 1.54) is 6.07 Å². The van der Waals surface area contributed by atoms with Crippen LogP contribution in [0, 0.1) is 0 Å². The van der Waals surface area contributed by atoms with E-state index in [4.69, 9.17) is 5.73 Å². The van der Waals surface area contributed by atoms with E-state index in [-0.39, 0.29) is 4.90 Å². The second-order valence-electron chi connectivity index (χ2n) is 5.41. The van der Waals surface area contributed by atoms with Gasteiger partial charge in [0.2, 0.25) is 0 Å². The molecular formula is C14H18F3NO2S. The fraction of sp³-hybridized carbons (Fsp3) is 0.571. The summed E-state index contributed by atoms with van der Waals surface area (Å²) in [6, 6.07) is 3.38. The molecule has 2 unspecified atom stereocenters. The van der Waals surface area contributed by atoms with E-state index in [0.29, 0.717) is 18.9 Å². The number of nitrogens with two attached hydrogens (primary N) is 1. The lowest BCUT2D eigenvalue weighted by Crippen LogP contribution is -2.39. The van der Waals surface area contributed by atoms with E-state index < -0.39 is 32.9 Å². The van der Waals surface area contributed by atoms with Crippen LogP contribution in [0.5, 0.6) is 0 Å². The first-order valence-corrected chi connectivity index (χ1v) is 8.44. The van der Waals surface area contributed by atoms with Gasteiger partial charge >= 0.3 is 6.18 Å². The molecule has 0 saturated heterocycles. The van der Waals surface area contributed by atoms with Crippen LogP contribution in [0.15, 0.2) is 29.2 Å². The molecule has 21 heavy (non-hydrogen) atoms. The van der Waals surface area contributed by atoms with Gasteiger partial charge in [-0.15, -0.1) is 0 Å². The standard InChI is InChI=1S/C14H18F3NO2S/c15-14(16,17)10-5-4-6-11(9-10)21(19,20)13-8-3-1-2-7-12(13)18/h4-6,9,12-13H,1-3,7-8,18H2. The molecule has 0 radical (unpaired) electrons. The van der Waals surface area contributed by atoms with Gasteiger partial charge < -0.3 is 5.73 Å². The van der Waals surface area contributed by atoms with Crippen molar-refractivity contribution in [2.45, 2.75) is 54.5 Å². The highest BCUT2D eigenvalue weighted by atomic mass is 32.2. The van der Waals surface area contributed by atoms with Crippen molar-refractivity contribution >= 4 is 9.84 Å². The highest BCUT2D eigenvalue weighted by Gasteiger charge is 2.36. The predicted molar refractivity (Wildman–Crippen MR) is 73.5 cm³/mol. The summed E-state index contributed by atoms with van der Waals surface area (Å²) < 4.78 is 63.3. The van der Waals surface area contributed by atoms with Gasteiger partial charge in [-0.25, -0.2) is 8.42 Å². The Morgan fingerprint density at radius 1 is 1.10 bits per heavy atom. The molecule has 1 aromatic carbocycles. The number of halogens is 3. The SMILES string of the molecule is NC1CCCCCC1S(=O)(=O)c1cccc(C(F)(F)F)c1. The molecule has 1 aliphatic carbocycles. The summed E-state index contributed by atoms with van der Waals surface area (Å²) in [4.78, 5) is -0.292. The first-order valence-electron chi connectivity index (χ1n) is 6.89. The topological polar surface area (TPSA) is 60.2 Å². The minimum atomic E-state index is -4.56. The molecule has 0 amide bonds. The van der Waals surface area contributed by atoms with Gasteiger partial charge in [0, 0.05) is 6.04 Å². The molecule has 0 aliphatic heterocycles. The molecule has 1 aliphatic rings.